The van der Waals surface area contributed by atoms with Crippen LogP contribution in [0.4, 0.5) is 0 Å². The van der Waals surface area contributed by atoms with Gasteiger partial charge in [0.2, 0.25) is 11.8 Å². The zero-order valence-electron chi connectivity index (χ0n) is 7.75. The van der Waals surface area contributed by atoms with Crippen LogP contribution in [0.2, 0.25) is 0 Å². The van der Waals surface area contributed by atoms with Crippen LogP contribution >= 0.6 is 0 Å². The Morgan fingerprint density at radius 2 is 2.29 bits per heavy atom. The third-order valence-electron chi connectivity index (χ3n) is 2.22. The Bertz CT molecular complexity index is 314. The zero-order valence-corrected chi connectivity index (χ0v) is 7.75. The van der Waals surface area contributed by atoms with Crippen LogP contribution < -0.4 is 0 Å². The highest BCUT2D eigenvalue weighted by molar-refractivity contribution is 4.93. The van der Waals surface area contributed by atoms with Crippen molar-refractivity contribution in [3.63, 3.8) is 0 Å². The summed E-state index contributed by atoms with van der Waals surface area (Å²) in [6.45, 7) is 1.48. The predicted octanol–water partition coefficient (Wildman–Crippen LogP) is -0.439. The minimum absolute atomic E-state index is 0.204. The molecule has 2 rings (SSSR count). The van der Waals surface area contributed by atoms with Crippen molar-refractivity contribution in [3.05, 3.63) is 11.8 Å². The number of hydrogen-bond donors (Lipinski definition) is 2. The van der Waals surface area contributed by atoms with E-state index in [0.717, 1.165) is 0 Å². The minimum Gasteiger partial charge on any atom is -0.423 e. The number of nitrogens with zero attached hydrogens (tertiary/aromatic N) is 2. The Morgan fingerprint density at radius 3 is 2.79 bits per heavy atom. The van der Waals surface area contributed by atoms with Gasteiger partial charge in [-0.05, 0) is 0 Å². The molecule has 0 radical (unpaired) electrons. The summed E-state index contributed by atoms with van der Waals surface area (Å²) in [6.07, 6.45) is -1.24. The van der Waals surface area contributed by atoms with E-state index in [2.05, 4.69) is 10.2 Å². The summed E-state index contributed by atoms with van der Waals surface area (Å²) in [7, 11) is 0. The molecule has 0 saturated carbocycles. The topological polar surface area (TPSA) is 88.6 Å². The number of ether oxygens (including phenoxy) is 1. The van der Waals surface area contributed by atoms with Gasteiger partial charge in [-0.1, -0.05) is 0 Å². The van der Waals surface area contributed by atoms with Crippen LogP contribution in [0.15, 0.2) is 4.42 Å². The van der Waals surface area contributed by atoms with E-state index in [0.29, 0.717) is 18.2 Å². The van der Waals surface area contributed by atoms with Gasteiger partial charge in [0.05, 0.1) is 12.7 Å². The largest absolute Gasteiger partial charge is 0.423 e. The molecule has 2 heterocycles. The average molecular weight is 200 g/mol. The molecule has 0 spiro atoms. The maximum absolute atomic E-state index is 9.45. The summed E-state index contributed by atoms with van der Waals surface area (Å²) < 4.78 is 10.5. The van der Waals surface area contributed by atoms with Crippen molar-refractivity contribution in [2.75, 3.05) is 6.61 Å². The highest BCUT2D eigenvalue weighted by atomic mass is 16.5. The third kappa shape index (κ3) is 1.63. The van der Waals surface area contributed by atoms with Crippen LogP contribution in [0.3, 0.4) is 0 Å². The molecule has 1 aliphatic rings. The van der Waals surface area contributed by atoms with E-state index in [1.54, 1.807) is 6.92 Å². The van der Waals surface area contributed by atoms with Gasteiger partial charge < -0.3 is 19.4 Å². The number of aromatic nitrogens is 2. The first-order valence-electron chi connectivity index (χ1n) is 4.45. The van der Waals surface area contributed by atoms with Crippen molar-refractivity contribution >= 4 is 0 Å². The summed E-state index contributed by atoms with van der Waals surface area (Å²) in [4.78, 5) is 0. The lowest BCUT2D eigenvalue weighted by molar-refractivity contribution is -0.0293. The van der Waals surface area contributed by atoms with Crippen molar-refractivity contribution in [2.24, 2.45) is 0 Å². The Kier molecular flexibility index (Phi) is 2.49. The molecular formula is C8H12N2O4. The lowest BCUT2D eigenvalue weighted by atomic mass is 10.1. The molecule has 1 fully saturated rings. The van der Waals surface area contributed by atoms with Gasteiger partial charge in [-0.3, -0.25) is 0 Å². The normalized spacial score (nSPS) is 32.4. The van der Waals surface area contributed by atoms with E-state index in [4.69, 9.17) is 14.3 Å². The standard InChI is InChI=1S/C8H12N2O4/c1-4-9-10-8(13-4)6-2-5(12)7(3-11)14-6/h5-7,11-12H,2-3H2,1H3/t5-,6-,7+/m0/s1. The number of aryl methyl sites for hydroxylation is 1. The molecule has 1 aliphatic heterocycles. The Labute approximate surface area is 80.5 Å². The van der Waals surface area contributed by atoms with E-state index < -0.39 is 18.3 Å². The molecule has 0 aromatic carbocycles. The molecule has 3 atom stereocenters. The molecule has 6 nitrogen and oxygen atoms in total. The smallest absolute Gasteiger partial charge is 0.245 e. The first kappa shape index (κ1) is 9.57. The molecule has 0 aliphatic carbocycles. The van der Waals surface area contributed by atoms with Gasteiger partial charge in [0.15, 0.2) is 0 Å². The SMILES string of the molecule is Cc1nnc([C@@H]2C[C@H](O)[C@@H](CO)O2)o1. The van der Waals surface area contributed by atoms with Crippen LogP contribution in [0.5, 0.6) is 0 Å². The van der Waals surface area contributed by atoms with Crippen LogP contribution in [0, 0.1) is 6.92 Å². The molecule has 78 valence electrons. The molecule has 6 heteroatoms. The van der Waals surface area contributed by atoms with Crippen LogP contribution in [-0.4, -0.2) is 39.2 Å². The number of aliphatic hydroxyl groups is 2. The highest BCUT2D eigenvalue weighted by Crippen LogP contribution is 2.31. The third-order valence-corrected chi connectivity index (χ3v) is 2.22. The summed E-state index contributed by atoms with van der Waals surface area (Å²) in [5.74, 6) is 0.822. The second kappa shape index (κ2) is 3.64. The summed E-state index contributed by atoms with van der Waals surface area (Å²) in [6, 6.07) is 0. The van der Waals surface area contributed by atoms with Crippen molar-refractivity contribution in [2.45, 2.75) is 31.7 Å². The van der Waals surface area contributed by atoms with Gasteiger partial charge in [-0.25, -0.2) is 0 Å². The second-order valence-electron chi connectivity index (χ2n) is 3.31. The molecule has 1 saturated heterocycles. The van der Waals surface area contributed by atoms with Gasteiger partial charge in [0, 0.05) is 13.3 Å². The molecule has 0 bridgehead atoms. The van der Waals surface area contributed by atoms with Crippen molar-refractivity contribution in [1.29, 1.82) is 0 Å². The minimum atomic E-state index is -0.669. The monoisotopic (exact) mass is 200 g/mol. The van der Waals surface area contributed by atoms with E-state index >= 15 is 0 Å². The molecule has 2 N–H and O–H groups in total. The number of hydrogen-bond acceptors (Lipinski definition) is 6. The van der Waals surface area contributed by atoms with Gasteiger partial charge in [0.1, 0.15) is 12.2 Å². The summed E-state index contributed by atoms with van der Waals surface area (Å²) >= 11 is 0. The first-order valence-corrected chi connectivity index (χ1v) is 4.45. The van der Waals surface area contributed by atoms with E-state index in [9.17, 15) is 5.11 Å². The highest BCUT2D eigenvalue weighted by Gasteiger charge is 2.36. The summed E-state index contributed by atoms with van der Waals surface area (Å²) in [5, 5.41) is 25.8. The number of rotatable bonds is 2. The lowest BCUT2D eigenvalue weighted by Crippen LogP contribution is -2.24. The lowest BCUT2D eigenvalue weighted by Gasteiger charge is -2.09. The molecule has 14 heavy (non-hydrogen) atoms. The molecule has 0 unspecified atom stereocenters. The molecular weight excluding hydrogens is 188 g/mol. The van der Waals surface area contributed by atoms with Crippen molar-refractivity contribution in [3.8, 4) is 0 Å². The van der Waals surface area contributed by atoms with Crippen LogP contribution in [0.25, 0.3) is 0 Å². The first-order chi connectivity index (χ1) is 6.70. The quantitative estimate of drug-likeness (QED) is 0.672. The second-order valence-corrected chi connectivity index (χ2v) is 3.31. The van der Waals surface area contributed by atoms with E-state index in [1.165, 1.54) is 0 Å². The Morgan fingerprint density at radius 1 is 1.50 bits per heavy atom. The van der Waals surface area contributed by atoms with Crippen LogP contribution in [-0.2, 0) is 4.74 Å². The van der Waals surface area contributed by atoms with Gasteiger partial charge >= 0.3 is 0 Å². The fourth-order valence-electron chi connectivity index (χ4n) is 1.49. The van der Waals surface area contributed by atoms with Crippen LogP contribution in [0.1, 0.15) is 24.3 Å². The van der Waals surface area contributed by atoms with Gasteiger partial charge in [-0.15, -0.1) is 10.2 Å². The Hall–Kier alpha value is -0.980. The Balaban J connectivity index is 2.08. The molecule has 0 amide bonds. The van der Waals surface area contributed by atoms with Crippen molar-refractivity contribution < 1.29 is 19.4 Å². The average Bonchev–Trinajstić information content (AvgIpc) is 2.71. The van der Waals surface area contributed by atoms with Gasteiger partial charge in [-0.2, -0.15) is 0 Å². The van der Waals surface area contributed by atoms with E-state index in [-0.39, 0.29) is 6.61 Å². The van der Waals surface area contributed by atoms with Gasteiger partial charge in [0.25, 0.3) is 0 Å². The fraction of sp³-hybridized carbons (Fsp3) is 0.750. The fourth-order valence-corrected chi connectivity index (χ4v) is 1.49. The van der Waals surface area contributed by atoms with E-state index in [1.807, 2.05) is 0 Å². The van der Waals surface area contributed by atoms with Crippen molar-refractivity contribution in [1.82, 2.24) is 10.2 Å². The number of aliphatic hydroxyl groups excluding tert-OH is 2. The maximum atomic E-state index is 9.45. The molecule has 1 aromatic rings. The predicted molar refractivity (Wildman–Crippen MR) is 44.4 cm³/mol. The zero-order chi connectivity index (χ0) is 10.1. The summed E-state index contributed by atoms with van der Waals surface area (Å²) in [5.41, 5.74) is 0. The molecule has 1 aromatic heterocycles. The maximum Gasteiger partial charge on any atom is 0.245 e.